The zero-order chi connectivity index (χ0) is 10.4. The first-order valence-corrected chi connectivity index (χ1v) is 6.13. The minimum absolute atomic E-state index is 0.0288. The molecule has 14 heavy (non-hydrogen) atoms. The Kier molecular flexibility index (Phi) is 5.15. The minimum Gasteiger partial charge on any atom is -0.377 e. The van der Waals surface area contributed by atoms with Crippen LogP contribution < -0.4 is 5.73 Å². The molecule has 0 saturated heterocycles. The van der Waals surface area contributed by atoms with E-state index in [-0.39, 0.29) is 12.1 Å². The maximum atomic E-state index is 6.14. The standard InChI is InChI=1S/C11H19NOS/c1-3-5-10(13-4-2)11(12)9-6-7-14-8-9/h6-8,10-11H,3-5,12H2,1-2H3. The quantitative estimate of drug-likeness (QED) is 0.788. The summed E-state index contributed by atoms with van der Waals surface area (Å²) in [6, 6.07) is 2.11. The van der Waals surface area contributed by atoms with E-state index in [1.165, 1.54) is 5.56 Å². The summed E-state index contributed by atoms with van der Waals surface area (Å²) in [6.45, 7) is 4.91. The van der Waals surface area contributed by atoms with Gasteiger partial charge in [0.25, 0.3) is 0 Å². The second-order valence-corrected chi connectivity index (χ2v) is 4.14. The van der Waals surface area contributed by atoms with E-state index in [1.54, 1.807) is 11.3 Å². The van der Waals surface area contributed by atoms with Gasteiger partial charge in [0, 0.05) is 6.61 Å². The molecule has 0 fully saturated rings. The van der Waals surface area contributed by atoms with Crippen LogP contribution in [0.3, 0.4) is 0 Å². The van der Waals surface area contributed by atoms with Crippen molar-refractivity contribution in [1.29, 1.82) is 0 Å². The zero-order valence-corrected chi connectivity index (χ0v) is 9.72. The van der Waals surface area contributed by atoms with E-state index in [0.717, 1.165) is 19.4 Å². The van der Waals surface area contributed by atoms with Gasteiger partial charge in [-0.3, -0.25) is 0 Å². The summed E-state index contributed by atoms with van der Waals surface area (Å²) < 4.78 is 5.65. The third-order valence-corrected chi connectivity index (χ3v) is 2.98. The summed E-state index contributed by atoms with van der Waals surface area (Å²) >= 11 is 1.69. The molecule has 0 saturated carbocycles. The average molecular weight is 213 g/mol. The summed E-state index contributed by atoms with van der Waals surface area (Å²) in [4.78, 5) is 0. The minimum atomic E-state index is 0.0288. The van der Waals surface area contributed by atoms with E-state index in [0.29, 0.717) is 0 Å². The lowest BCUT2D eigenvalue weighted by atomic mass is 10.0. The zero-order valence-electron chi connectivity index (χ0n) is 8.90. The third-order valence-electron chi connectivity index (χ3n) is 2.28. The fourth-order valence-electron chi connectivity index (χ4n) is 1.54. The van der Waals surface area contributed by atoms with Crippen molar-refractivity contribution in [3.05, 3.63) is 22.4 Å². The fourth-order valence-corrected chi connectivity index (χ4v) is 2.25. The van der Waals surface area contributed by atoms with Crippen molar-refractivity contribution in [3.63, 3.8) is 0 Å². The number of thiophene rings is 1. The highest BCUT2D eigenvalue weighted by Crippen LogP contribution is 2.22. The molecule has 1 rings (SSSR count). The lowest BCUT2D eigenvalue weighted by Gasteiger charge is -2.22. The van der Waals surface area contributed by atoms with Crippen molar-refractivity contribution in [2.75, 3.05) is 6.61 Å². The van der Waals surface area contributed by atoms with Crippen LogP contribution in [0.15, 0.2) is 16.8 Å². The molecule has 0 spiro atoms. The van der Waals surface area contributed by atoms with Crippen molar-refractivity contribution >= 4 is 11.3 Å². The summed E-state index contributed by atoms with van der Waals surface area (Å²) in [6.07, 6.45) is 2.31. The Bertz CT molecular complexity index is 229. The van der Waals surface area contributed by atoms with Gasteiger partial charge in [0.15, 0.2) is 0 Å². The topological polar surface area (TPSA) is 35.2 Å². The van der Waals surface area contributed by atoms with E-state index in [4.69, 9.17) is 10.5 Å². The number of hydrogen-bond donors (Lipinski definition) is 1. The number of rotatable bonds is 6. The molecule has 2 N–H and O–H groups in total. The van der Waals surface area contributed by atoms with Crippen LogP contribution in [0.25, 0.3) is 0 Å². The molecule has 0 aromatic carbocycles. The second kappa shape index (κ2) is 6.17. The van der Waals surface area contributed by atoms with Crippen LogP contribution in [-0.4, -0.2) is 12.7 Å². The summed E-state index contributed by atoms with van der Waals surface area (Å²) in [5.41, 5.74) is 7.33. The number of ether oxygens (including phenoxy) is 1. The van der Waals surface area contributed by atoms with Crippen LogP contribution in [0, 0.1) is 0 Å². The van der Waals surface area contributed by atoms with Gasteiger partial charge in [0.05, 0.1) is 12.1 Å². The van der Waals surface area contributed by atoms with Crippen molar-refractivity contribution in [1.82, 2.24) is 0 Å². The number of nitrogens with two attached hydrogens (primary N) is 1. The Labute approximate surface area is 90.1 Å². The highest BCUT2D eigenvalue weighted by molar-refractivity contribution is 7.07. The molecule has 80 valence electrons. The molecule has 1 aromatic heterocycles. The molecule has 2 atom stereocenters. The molecule has 0 aliphatic carbocycles. The van der Waals surface area contributed by atoms with E-state index in [2.05, 4.69) is 23.8 Å². The predicted molar refractivity (Wildman–Crippen MR) is 61.6 cm³/mol. The Hall–Kier alpha value is -0.380. The van der Waals surface area contributed by atoms with Gasteiger partial charge in [0.1, 0.15) is 0 Å². The Morgan fingerprint density at radius 1 is 1.50 bits per heavy atom. The van der Waals surface area contributed by atoms with Crippen molar-refractivity contribution in [2.45, 2.75) is 38.8 Å². The largest absolute Gasteiger partial charge is 0.377 e. The molecule has 0 aliphatic heterocycles. The van der Waals surface area contributed by atoms with E-state index in [1.807, 2.05) is 6.92 Å². The Balaban J connectivity index is 2.58. The number of hydrogen-bond acceptors (Lipinski definition) is 3. The second-order valence-electron chi connectivity index (χ2n) is 3.36. The van der Waals surface area contributed by atoms with Crippen LogP contribution in [0.5, 0.6) is 0 Å². The highest BCUT2D eigenvalue weighted by atomic mass is 32.1. The van der Waals surface area contributed by atoms with Crippen LogP contribution in [0.4, 0.5) is 0 Å². The molecule has 1 heterocycles. The SMILES string of the molecule is CCCC(OCC)C(N)c1ccsc1. The van der Waals surface area contributed by atoms with Gasteiger partial charge in [0.2, 0.25) is 0 Å². The lowest BCUT2D eigenvalue weighted by Crippen LogP contribution is -2.28. The highest BCUT2D eigenvalue weighted by Gasteiger charge is 2.18. The first-order valence-electron chi connectivity index (χ1n) is 5.18. The molecule has 3 heteroatoms. The van der Waals surface area contributed by atoms with Gasteiger partial charge < -0.3 is 10.5 Å². The van der Waals surface area contributed by atoms with E-state index >= 15 is 0 Å². The first kappa shape index (κ1) is 11.7. The Morgan fingerprint density at radius 2 is 2.29 bits per heavy atom. The van der Waals surface area contributed by atoms with Gasteiger partial charge in [-0.05, 0) is 35.7 Å². The van der Waals surface area contributed by atoms with Crippen LogP contribution in [0.1, 0.15) is 38.3 Å². The van der Waals surface area contributed by atoms with Gasteiger partial charge >= 0.3 is 0 Å². The third kappa shape index (κ3) is 3.08. The molecule has 2 nitrogen and oxygen atoms in total. The average Bonchev–Trinajstić information content (AvgIpc) is 2.69. The smallest absolute Gasteiger partial charge is 0.0767 e. The first-order chi connectivity index (χ1) is 6.79. The van der Waals surface area contributed by atoms with Gasteiger partial charge in [-0.2, -0.15) is 11.3 Å². The fraction of sp³-hybridized carbons (Fsp3) is 0.636. The van der Waals surface area contributed by atoms with Crippen LogP contribution >= 0.6 is 11.3 Å². The summed E-state index contributed by atoms with van der Waals surface area (Å²) in [7, 11) is 0. The molecule has 0 bridgehead atoms. The summed E-state index contributed by atoms with van der Waals surface area (Å²) in [5, 5.41) is 4.16. The lowest BCUT2D eigenvalue weighted by molar-refractivity contribution is 0.0375. The molecule has 0 aliphatic rings. The van der Waals surface area contributed by atoms with Crippen molar-refractivity contribution in [3.8, 4) is 0 Å². The normalized spacial score (nSPS) is 15.4. The molecular weight excluding hydrogens is 194 g/mol. The van der Waals surface area contributed by atoms with Crippen LogP contribution in [0.2, 0.25) is 0 Å². The van der Waals surface area contributed by atoms with Gasteiger partial charge in [-0.15, -0.1) is 0 Å². The van der Waals surface area contributed by atoms with Crippen molar-refractivity contribution in [2.24, 2.45) is 5.73 Å². The molecule has 1 aromatic rings. The van der Waals surface area contributed by atoms with Crippen LogP contribution in [-0.2, 0) is 4.74 Å². The maximum absolute atomic E-state index is 6.14. The summed E-state index contributed by atoms with van der Waals surface area (Å²) in [5.74, 6) is 0. The molecular formula is C11H19NOS. The molecule has 0 radical (unpaired) electrons. The van der Waals surface area contributed by atoms with Gasteiger partial charge in [-0.25, -0.2) is 0 Å². The predicted octanol–water partition coefficient (Wildman–Crippen LogP) is 2.95. The monoisotopic (exact) mass is 213 g/mol. The Morgan fingerprint density at radius 3 is 2.79 bits per heavy atom. The van der Waals surface area contributed by atoms with E-state index in [9.17, 15) is 0 Å². The van der Waals surface area contributed by atoms with E-state index < -0.39 is 0 Å². The maximum Gasteiger partial charge on any atom is 0.0767 e. The van der Waals surface area contributed by atoms with Crippen molar-refractivity contribution < 1.29 is 4.74 Å². The molecule has 0 amide bonds. The van der Waals surface area contributed by atoms with Gasteiger partial charge in [-0.1, -0.05) is 13.3 Å². The molecule has 2 unspecified atom stereocenters.